The van der Waals surface area contributed by atoms with Gasteiger partial charge in [0.15, 0.2) is 0 Å². The third-order valence-electron chi connectivity index (χ3n) is 3.91. The van der Waals surface area contributed by atoms with Crippen LogP contribution in [-0.2, 0) is 16.2 Å². The largest absolute Gasteiger partial charge is 0.489 e. The number of benzene rings is 1. The van der Waals surface area contributed by atoms with E-state index in [9.17, 15) is 9.59 Å². The molecule has 2 aromatic rings. The van der Waals surface area contributed by atoms with E-state index >= 15 is 0 Å². The van der Waals surface area contributed by atoms with Crippen molar-refractivity contribution in [1.29, 1.82) is 0 Å². The van der Waals surface area contributed by atoms with Crippen LogP contribution in [-0.4, -0.2) is 37.9 Å². The van der Waals surface area contributed by atoms with Gasteiger partial charge in [0.25, 0.3) is 5.91 Å². The van der Waals surface area contributed by atoms with Gasteiger partial charge in [0, 0.05) is 0 Å². The number of thioether (sulfide) groups is 1. The van der Waals surface area contributed by atoms with Crippen LogP contribution in [0.5, 0.6) is 5.75 Å². The molecule has 27 heavy (non-hydrogen) atoms. The number of aromatic nitrogens is 1. The number of thiocarbonyl (C=S) groups is 1. The van der Waals surface area contributed by atoms with Crippen molar-refractivity contribution in [2.75, 3.05) is 6.54 Å². The zero-order valence-electron chi connectivity index (χ0n) is 14.6. The summed E-state index contributed by atoms with van der Waals surface area (Å²) in [6, 6.07) is 7.21. The van der Waals surface area contributed by atoms with Gasteiger partial charge < -0.3 is 14.4 Å². The Bertz CT molecular complexity index is 914. The van der Waals surface area contributed by atoms with E-state index in [2.05, 4.69) is 5.16 Å². The van der Waals surface area contributed by atoms with Crippen molar-refractivity contribution < 1.29 is 24.0 Å². The fourth-order valence-electron chi connectivity index (χ4n) is 2.45. The lowest BCUT2D eigenvalue weighted by Crippen LogP contribution is -2.33. The number of carboxylic acid groups (broad SMARTS) is 1. The van der Waals surface area contributed by atoms with Gasteiger partial charge in [0.05, 0.1) is 16.2 Å². The Morgan fingerprint density at radius 3 is 2.67 bits per heavy atom. The van der Waals surface area contributed by atoms with E-state index in [-0.39, 0.29) is 4.32 Å². The molecule has 0 saturated carbocycles. The Morgan fingerprint density at radius 2 is 2.07 bits per heavy atom. The summed E-state index contributed by atoms with van der Waals surface area (Å²) in [4.78, 5) is 24.6. The highest BCUT2D eigenvalue weighted by Gasteiger charge is 2.33. The molecule has 0 bridgehead atoms. The van der Waals surface area contributed by atoms with E-state index in [4.69, 9.17) is 26.6 Å². The molecular formula is C18H16N2O5S2. The summed E-state index contributed by atoms with van der Waals surface area (Å²) in [5.41, 5.74) is 2.50. The number of hydrogen-bond acceptors (Lipinski definition) is 7. The summed E-state index contributed by atoms with van der Waals surface area (Å²) in [5, 5.41) is 12.8. The Hall–Kier alpha value is -2.65. The van der Waals surface area contributed by atoms with E-state index in [0.717, 1.165) is 39.2 Å². The fourth-order valence-corrected chi connectivity index (χ4v) is 3.70. The smallest absolute Gasteiger partial charge is 0.323 e. The summed E-state index contributed by atoms with van der Waals surface area (Å²) in [7, 11) is 0. The quantitative estimate of drug-likeness (QED) is 0.580. The first-order chi connectivity index (χ1) is 12.8. The number of aliphatic carboxylic acids is 1. The van der Waals surface area contributed by atoms with E-state index in [0.29, 0.717) is 17.3 Å². The van der Waals surface area contributed by atoms with Crippen LogP contribution in [0.2, 0.25) is 0 Å². The van der Waals surface area contributed by atoms with Crippen molar-refractivity contribution in [2.45, 2.75) is 20.5 Å². The van der Waals surface area contributed by atoms with E-state index in [1.54, 1.807) is 18.2 Å². The minimum atomic E-state index is -1.10. The molecule has 2 heterocycles. The minimum Gasteiger partial charge on any atom is -0.489 e. The average molecular weight is 404 g/mol. The summed E-state index contributed by atoms with van der Waals surface area (Å²) < 4.78 is 11.1. The molecule has 1 aromatic heterocycles. The normalized spacial score (nSPS) is 15.6. The van der Waals surface area contributed by atoms with Crippen LogP contribution in [0.4, 0.5) is 0 Å². The highest BCUT2D eigenvalue weighted by Crippen LogP contribution is 2.32. The van der Waals surface area contributed by atoms with Gasteiger partial charge in [-0.05, 0) is 37.6 Å². The number of aryl methyl sites for hydroxylation is 2. The number of carboxylic acids is 1. The van der Waals surface area contributed by atoms with E-state index in [1.807, 2.05) is 26.0 Å². The summed E-state index contributed by atoms with van der Waals surface area (Å²) in [6.07, 6.45) is 1.68. The molecule has 1 aliphatic heterocycles. The highest BCUT2D eigenvalue weighted by molar-refractivity contribution is 8.26. The summed E-state index contributed by atoms with van der Waals surface area (Å²) >= 11 is 6.17. The second-order valence-electron chi connectivity index (χ2n) is 5.82. The molecule has 1 saturated heterocycles. The Balaban J connectivity index is 1.67. The molecule has 1 N–H and O–H groups in total. The monoisotopic (exact) mass is 404 g/mol. The van der Waals surface area contributed by atoms with Crippen LogP contribution < -0.4 is 4.74 Å². The Labute approximate surface area is 165 Å². The van der Waals surface area contributed by atoms with Gasteiger partial charge in [0.1, 0.15) is 29.0 Å². The molecule has 1 aromatic carbocycles. The predicted molar refractivity (Wildman–Crippen MR) is 104 cm³/mol. The van der Waals surface area contributed by atoms with Gasteiger partial charge in [-0.2, -0.15) is 0 Å². The van der Waals surface area contributed by atoms with Crippen LogP contribution in [0.3, 0.4) is 0 Å². The van der Waals surface area contributed by atoms with Crippen molar-refractivity contribution in [3.63, 3.8) is 0 Å². The van der Waals surface area contributed by atoms with Crippen LogP contribution in [0.15, 0.2) is 33.7 Å². The van der Waals surface area contributed by atoms with Crippen molar-refractivity contribution >= 4 is 46.3 Å². The third-order valence-corrected chi connectivity index (χ3v) is 5.29. The lowest BCUT2D eigenvalue weighted by atomic mass is 10.2. The second kappa shape index (κ2) is 7.93. The molecule has 1 aliphatic rings. The zero-order chi connectivity index (χ0) is 19.6. The number of hydrogen-bond donors (Lipinski definition) is 1. The van der Waals surface area contributed by atoms with Crippen LogP contribution in [0, 0.1) is 13.8 Å². The van der Waals surface area contributed by atoms with E-state index < -0.39 is 18.4 Å². The molecule has 0 aliphatic carbocycles. The predicted octanol–water partition coefficient (Wildman–Crippen LogP) is 3.16. The Kier molecular flexibility index (Phi) is 5.62. The third kappa shape index (κ3) is 4.37. The zero-order valence-corrected chi connectivity index (χ0v) is 16.2. The number of nitrogens with zero attached hydrogens (tertiary/aromatic N) is 2. The summed E-state index contributed by atoms with van der Waals surface area (Å²) in [6.45, 7) is 3.62. The van der Waals surface area contributed by atoms with E-state index in [1.165, 1.54) is 0 Å². The van der Waals surface area contributed by atoms with Crippen LogP contribution in [0.25, 0.3) is 6.08 Å². The van der Waals surface area contributed by atoms with Gasteiger partial charge in [-0.15, -0.1) is 0 Å². The topological polar surface area (TPSA) is 92.9 Å². The lowest BCUT2D eigenvalue weighted by Gasteiger charge is -2.10. The van der Waals surface area contributed by atoms with Crippen molar-refractivity contribution in [1.82, 2.24) is 10.1 Å². The number of amides is 1. The summed E-state index contributed by atoms with van der Waals surface area (Å²) in [5.74, 6) is -0.100. The molecule has 3 rings (SSSR count). The standard InChI is InChI=1S/C18H16N2O5S2/c1-10-14(11(2)25-19-10)9-24-13-5-3-12(4-6-13)7-15-17(23)20(8-16(21)22)18(26)27-15/h3-7H,8-9H2,1-2H3,(H,21,22)/b15-7-. The van der Waals surface area contributed by atoms with Crippen molar-refractivity contribution in [2.24, 2.45) is 0 Å². The highest BCUT2D eigenvalue weighted by atomic mass is 32.2. The van der Waals surface area contributed by atoms with Crippen molar-refractivity contribution in [3.05, 3.63) is 51.8 Å². The molecule has 0 atom stereocenters. The number of carbonyl (C=O) groups is 2. The van der Waals surface area contributed by atoms with Gasteiger partial charge in [-0.3, -0.25) is 14.5 Å². The first kappa shape index (κ1) is 19.1. The molecule has 9 heteroatoms. The minimum absolute atomic E-state index is 0.244. The maximum atomic E-state index is 12.3. The lowest BCUT2D eigenvalue weighted by molar-refractivity contribution is -0.140. The van der Waals surface area contributed by atoms with Crippen LogP contribution >= 0.6 is 24.0 Å². The molecule has 7 nitrogen and oxygen atoms in total. The molecule has 0 spiro atoms. The average Bonchev–Trinajstić information content (AvgIpc) is 3.07. The maximum absolute atomic E-state index is 12.3. The molecule has 0 radical (unpaired) electrons. The first-order valence-electron chi connectivity index (χ1n) is 7.97. The van der Waals surface area contributed by atoms with Crippen molar-refractivity contribution in [3.8, 4) is 5.75 Å². The molecule has 1 fully saturated rings. The van der Waals surface area contributed by atoms with Crippen LogP contribution in [0.1, 0.15) is 22.6 Å². The van der Waals surface area contributed by atoms with Gasteiger partial charge >= 0.3 is 5.97 Å². The first-order valence-corrected chi connectivity index (χ1v) is 9.19. The van der Waals surface area contributed by atoms with Gasteiger partial charge in [-0.25, -0.2) is 0 Å². The molecule has 0 unspecified atom stereocenters. The number of rotatable bonds is 6. The number of ether oxygens (including phenoxy) is 1. The van der Waals surface area contributed by atoms with Gasteiger partial charge in [-0.1, -0.05) is 41.3 Å². The SMILES string of the molecule is Cc1noc(C)c1COc1ccc(/C=C2\SC(=S)N(CC(=O)O)C2=O)cc1. The van der Waals surface area contributed by atoms with Gasteiger partial charge in [0.2, 0.25) is 0 Å². The second-order valence-corrected chi connectivity index (χ2v) is 7.50. The molecule has 140 valence electrons. The number of carbonyl (C=O) groups excluding carboxylic acids is 1. The molecule has 1 amide bonds. The Morgan fingerprint density at radius 1 is 1.37 bits per heavy atom. The molecular weight excluding hydrogens is 388 g/mol. The fraction of sp³-hybridized carbons (Fsp3) is 0.222. The maximum Gasteiger partial charge on any atom is 0.323 e.